The fourth-order valence-electron chi connectivity index (χ4n) is 4.09. The minimum absolute atomic E-state index is 0.0537. The van der Waals surface area contributed by atoms with Gasteiger partial charge in [0, 0.05) is 49.7 Å². The van der Waals surface area contributed by atoms with Gasteiger partial charge in [0.05, 0.1) is 12.4 Å². The summed E-state index contributed by atoms with van der Waals surface area (Å²) in [7, 11) is 1.57. The van der Waals surface area contributed by atoms with Crippen molar-refractivity contribution < 1.29 is 9.53 Å². The predicted molar refractivity (Wildman–Crippen MR) is 110 cm³/mol. The van der Waals surface area contributed by atoms with Crippen molar-refractivity contribution in [3.63, 3.8) is 0 Å². The zero-order chi connectivity index (χ0) is 18.6. The summed E-state index contributed by atoms with van der Waals surface area (Å²) in [5.74, 6) is 0.619. The molecule has 5 heteroatoms. The molecule has 0 saturated carbocycles. The van der Waals surface area contributed by atoms with Crippen LogP contribution < -0.4 is 0 Å². The number of rotatable bonds is 6. The number of ether oxygens (including phenoxy) is 1. The van der Waals surface area contributed by atoms with Gasteiger partial charge >= 0.3 is 0 Å². The summed E-state index contributed by atoms with van der Waals surface area (Å²) in [6.07, 6.45) is 8.46. The van der Waals surface area contributed by atoms with Crippen molar-refractivity contribution in [2.75, 3.05) is 26.7 Å². The van der Waals surface area contributed by atoms with Crippen molar-refractivity contribution >= 4 is 17.5 Å². The highest BCUT2D eigenvalue weighted by atomic mass is 32.2. The average molecular weight is 383 g/mol. The lowest BCUT2D eigenvalue weighted by Crippen LogP contribution is -2.39. The number of carbonyl (C=O) groups excluding carboxylic acids is 1. The second kappa shape index (κ2) is 8.36. The number of allylic oxidation sites excluding steroid dienone is 4. The summed E-state index contributed by atoms with van der Waals surface area (Å²) in [6.45, 7) is 4.15. The van der Waals surface area contributed by atoms with Crippen LogP contribution >= 0.6 is 11.8 Å². The van der Waals surface area contributed by atoms with E-state index in [0.29, 0.717) is 11.8 Å². The Morgan fingerprint density at radius 2 is 2.11 bits per heavy atom. The molecule has 142 valence electrons. The summed E-state index contributed by atoms with van der Waals surface area (Å²) in [6, 6.07) is 11.2. The minimum atomic E-state index is -0.0537. The monoisotopic (exact) mass is 382 g/mol. The number of hydrogen-bond donors (Lipinski definition) is 0. The van der Waals surface area contributed by atoms with Gasteiger partial charge in [-0.3, -0.25) is 9.69 Å². The Balaban J connectivity index is 1.37. The van der Waals surface area contributed by atoms with Gasteiger partial charge in [0.15, 0.2) is 5.76 Å². The molecule has 2 unspecified atom stereocenters. The number of methoxy groups -OCH3 is 1. The number of ketones is 1. The first-order valence-corrected chi connectivity index (χ1v) is 10.5. The Hall–Kier alpha value is -1.98. The average Bonchev–Trinajstić information content (AvgIpc) is 3.30. The number of hydrogen-bond acceptors (Lipinski definition) is 5. The van der Waals surface area contributed by atoms with Gasteiger partial charge in [0.2, 0.25) is 5.78 Å². The molecule has 3 aliphatic heterocycles. The molecule has 1 fully saturated rings. The van der Waals surface area contributed by atoms with Crippen LogP contribution in [0, 0.1) is 0 Å². The standard InChI is InChI=1S/C22H26N2O2S/c1-26-20-16-27-21(22(20)25)13-18-9-5-6-11-24(18)19-10-12-23(15-19)14-17-7-3-2-4-8-17/h2-9,16,19,21H,10-15H2,1H3. The van der Waals surface area contributed by atoms with E-state index in [4.69, 9.17) is 4.74 Å². The highest BCUT2D eigenvalue weighted by Gasteiger charge is 2.34. The molecule has 2 atom stereocenters. The first-order chi connectivity index (χ1) is 13.2. The normalized spacial score (nSPS) is 25.7. The molecule has 3 aliphatic rings. The first-order valence-electron chi connectivity index (χ1n) is 9.57. The Morgan fingerprint density at radius 1 is 1.26 bits per heavy atom. The fourth-order valence-corrected chi connectivity index (χ4v) is 5.10. The predicted octanol–water partition coefficient (Wildman–Crippen LogP) is 3.58. The molecule has 1 aromatic rings. The lowest BCUT2D eigenvalue weighted by molar-refractivity contribution is -0.117. The fraction of sp³-hybridized carbons (Fsp3) is 0.409. The van der Waals surface area contributed by atoms with Crippen molar-refractivity contribution in [2.45, 2.75) is 30.7 Å². The van der Waals surface area contributed by atoms with Crippen molar-refractivity contribution in [3.8, 4) is 0 Å². The van der Waals surface area contributed by atoms with Gasteiger partial charge in [-0.25, -0.2) is 0 Å². The van der Waals surface area contributed by atoms with E-state index in [-0.39, 0.29) is 11.0 Å². The lowest BCUT2D eigenvalue weighted by atomic mass is 10.1. The maximum Gasteiger partial charge on any atom is 0.211 e. The molecule has 1 saturated heterocycles. The summed E-state index contributed by atoms with van der Waals surface area (Å²) >= 11 is 1.59. The van der Waals surface area contributed by atoms with Gasteiger partial charge in [-0.2, -0.15) is 0 Å². The Bertz CT molecular complexity index is 772. The van der Waals surface area contributed by atoms with Gasteiger partial charge in [0.25, 0.3) is 0 Å². The summed E-state index contributed by atoms with van der Waals surface area (Å²) in [5, 5.41) is 1.80. The maximum atomic E-state index is 12.4. The number of nitrogens with zero attached hydrogens (tertiary/aromatic N) is 2. The van der Waals surface area contributed by atoms with Crippen molar-refractivity contribution in [1.82, 2.24) is 9.80 Å². The number of Topliss-reactive ketones (excluding diaryl/α,β-unsaturated/α-hetero) is 1. The smallest absolute Gasteiger partial charge is 0.211 e. The van der Waals surface area contributed by atoms with E-state index in [0.717, 1.165) is 32.6 Å². The molecule has 4 rings (SSSR count). The van der Waals surface area contributed by atoms with Crippen LogP contribution in [0.25, 0.3) is 0 Å². The highest BCUT2D eigenvalue weighted by Crippen LogP contribution is 2.34. The molecule has 4 nitrogen and oxygen atoms in total. The number of carbonyl (C=O) groups is 1. The molecule has 27 heavy (non-hydrogen) atoms. The molecular formula is C22H26N2O2S. The van der Waals surface area contributed by atoms with Gasteiger partial charge in [0.1, 0.15) is 0 Å². The highest BCUT2D eigenvalue weighted by molar-refractivity contribution is 8.04. The van der Waals surface area contributed by atoms with E-state index in [9.17, 15) is 4.79 Å². The number of benzene rings is 1. The van der Waals surface area contributed by atoms with E-state index in [1.165, 1.54) is 17.7 Å². The molecular weight excluding hydrogens is 356 g/mol. The Morgan fingerprint density at radius 3 is 2.89 bits per heavy atom. The van der Waals surface area contributed by atoms with Crippen LogP contribution in [0.2, 0.25) is 0 Å². The van der Waals surface area contributed by atoms with Crippen LogP contribution in [-0.4, -0.2) is 53.6 Å². The maximum absolute atomic E-state index is 12.4. The third-order valence-corrected chi connectivity index (χ3v) is 6.58. The van der Waals surface area contributed by atoms with Crippen LogP contribution in [0.15, 0.2) is 65.4 Å². The zero-order valence-corrected chi connectivity index (χ0v) is 16.5. The summed E-state index contributed by atoms with van der Waals surface area (Å²) < 4.78 is 5.18. The van der Waals surface area contributed by atoms with Gasteiger partial charge < -0.3 is 9.64 Å². The van der Waals surface area contributed by atoms with Crippen LogP contribution in [-0.2, 0) is 16.1 Å². The molecule has 0 aromatic heterocycles. The topological polar surface area (TPSA) is 32.8 Å². The van der Waals surface area contributed by atoms with Gasteiger partial charge in [-0.15, -0.1) is 11.8 Å². The van der Waals surface area contributed by atoms with Crippen molar-refractivity contribution in [3.05, 3.63) is 71.0 Å². The molecule has 0 radical (unpaired) electrons. The Labute approximate surface area is 165 Å². The minimum Gasteiger partial charge on any atom is -0.492 e. The molecule has 0 N–H and O–H groups in total. The molecule has 0 bridgehead atoms. The third kappa shape index (κ3) is 4.14. The van der Waals surface area contributed by atoms with E-state index in [2.05, 4.69) is 58.4 Å². The SMILES string of the molecule is COC1=CSC(CC2=CC=CCN2C2CCN(Cc3ccccc3)C2)C1=O. The quantitative estimate of drug-likeness (QED) is 0.751. The third-order valence-electron chi connectivity index (χ3n) is 5.52. The second-order valence-corrected chi connectivity index (χ2v) is 8.36. The first kappa shape index (κ1) is 18.4. The molecule has 0 spiro atoms. The summed E-state index contributed by atoms with van der Waals surface area (Å²) in [4.78, 5) is 17.4. The zero-order valence-electron chi connectivity index (χ0n) is 15.7. The van der Waals surface area contributed by atoms with Crippen LogP contribution in [0.3, 0.4) is 0 Å². The number of likely N-dealkylation sites (tertiary alicyclic amines) is 1. The van der Waals surface area contributed by atoms with E-state index < -0.39 is 0 Å². The van der Waals surface area contributed by atoms with Gasteiger partial charge in [-0.1, -0.05) is 42.5 Å². The van der Waals surface area contributed by atoms with Crippen molar-refractivity contribution in [1.29, 1.82) is 0 Å². The lowest BCUT2D eigenvalue weighted by Gasteiger charge is -2.35. The van der Waals surface area contributed by atoms with Crippen molar-refractivity contribution in [2.24, 2.45) is 0 Å². The van der Waals surface area contributed by atoms with Crippen LogP contribution in [0.5, 0.6) is 0 Å². The van der Waals surface area contributed by atoms with Crippen LogP contribution in [0.4, 0.5) is 0 Å². The second-order valence-electron chi connectivity index (χ2n) is 7.28. The van der Waals surface area contributed by atoms with Gasteiger partial charge in [-0.05, 0) is 18.1 Å². The molecule has 0 amide bonds. The van der Waals surface area contributed by atoms with E-state index in [1.807, 2.05) is 5.41 Å². The largest absolute Gasteiger partial charge is 0.492 e. The molecule has 0 aliphatic carbocycles. The summed E-state index contributed by atoms with van der Waals surface area (Å²) in [5.41, 5.74) is 2.65. The van der Waals surface area contributed by atoms with E-state index >= 15 is 0 Å². The van der Waals surface area contributed by atoms with Crippen LogP contribution in [0.1, 0.15) is 18.4 Å². The molecule has 1 aromatic carbocycles. The molecule has 3 heterocycles. The Kier molecular flexibility index (Phi) is 5.69. The van der Waals surface area contributed by atoms with E-state index in [1.54, 1.807) is 18.9 Å². The number of thioether (sulfide) groups is 1.